The SMILES string of the molecule is O=C(NNC1CCCCC1)c1ccccn1. The zero-order chi connectivity index (χ0) is 11.2. The van der Waals surface area contributed by atoms with Crippen molar-refractivity contribution in [3.63, 3.8) is 0 Å². The molecule has 1 aromatic rings. The lowest BCUT2D eigenvalue weighted by atomic mass is 9.96. The number of hydrogen-bond donors (Lipinski definition) is 2. The van der Waals surface area contributed by atoms with Crippen LogP contribution >= 0.6 is 0 Å². The number of hydrazine groups is 1. The van der Waals surface area contributed by atoms with Crippen molar-refractivity contribution in [2.75, 3.05) is 0 Å². The summed E-state index contributed by atoms with van der Waals surface area (Å²) in [5.74, 6) is -0.161. The number of rotatable bonds is 3. The van der Waals surface area contributed by atoms with E-state index in [9.17, 15) is 4.79 Å². The van der Waals surface area contributed by atoms with Crippen molar-refractivity contribution >= 4 is 5.91 Å². The summed E-state index contributed by atoms with van der Waals surface area (Å²) in [4.78, 5) is 15.6. The minimum Gasteiger partial charge on any atom is -0.286 e. The molecule has 2 rings (SSSR count). The van der Waals surface area contributed by atoms with Crippen LogP contribution in [0.15, 0.2) is 24.4 Å². The van der Waals surface area contributed by atoms with Gasteiger partial charge in [0.1, 0.15) is 5.69 Å². The highest BCUT2D eigenvalue weighted by molar-refractivity contribution is 5.91. The first-order valence-electron chi connectivity index (χ1n) is 5.83. The normalized spacial score (nSPS) is 17.0. The third kappa shape index (κ3) is 3.03. The maximum atomic E-state index is 11.7. The molecule has 86 valence electrons. The molecule has 1 amide bonds. The van der Waals surface area contributed by atoms with Gasteiger partial charge in [-0.05, 0) is 25.0 Å². The summed E-state index contributed by atoms with van der Waals surface area (Å²) in [6.07, 6.45) is 7.71. The molecular weight excluding hydrogens is 202 g/mol. The van der Waals surface area contributed by atoms with Gasteiger partial charge in [0.05, 0.1) is 0 Å². The summed E-state index contributed by atoms with van der Waals surface area (Å²) in [7, 11) is 0. The molecule has 1 aliphatic rings. The molecule has 4 heteroatoms. The standard InChI is InChI=1S/C12H17N3O/c16-12(11-8-4-5-9-13-11)15-14-10-6-2-1-3-7-10/h4-5,8-10,14H,1-3,6-7H2,(H,15,16). The van der Waals surface area contributed by atoms with Crippen molar-refractivity contribution in [3.8, 4) is 0 Å². The molecule has 1 aliphatic carbocycles. The van der Waals surface area contributed by atoms with E-state index < -0.39 is 0 Å². The lowest BCUT2D eigenvalue weighted by molar-refractivity contribution is 0.0915. The Morgan fingerprint density at radius 3 is 2.75 bits per heavy atom. The van der Waals surface area contributed by atoms with E-state index in [1.54, 1.807) is 18.3 Å². The van der Waals surface area contributed by atoms with Gasteiger partial charge in [0, 0.05) is 12.2 Å². The molecule has 0 radical (unpaired) electrons. The minimum atomic E-state index is -0.161. The molecule has 2 N–H and O–H groups in total. The molecule has 1 fully saturated rings. The van der Waals surface area contributed by atoms with Crippen molar-refractivity contribution in [3.05, 3.63) is 30.1 Å². The summed E-state index contributed by atoms with van der Waals surface area (Å²) >= 11 is 0. The van der Waals surface area contributed by atoms with Crippen LogP contribution in [0, 0.1) is 0 Å². The van der Waals surface area contributed by atoms with E-state index in [1.165, 1.54) is 19.3 Å². The summed E-state index contributed by atoms with van der Waals surface area (Å²) < 4.78 is 0. The van der Waals surface area contributed by atoms with E-state index in [1.807, 2.05) is 6.07 Å². The quantitative estimate of drug-likeness (QED) is 0.760. The largest absolute Gasteiger partial charge is 0.286 e. The van der Waals surface area contributed by atoms with Crippen LogP contribution < -0.4 is 10.9 Å². The zero-order valence-corrected chi connectivity index (χ0v) is 9.28. The van der Waals surface area contributed by atoms with Gasteiger partial charge >= 0.3 is 0 Å². The van der Waals surface area contributed by atoms with Crippen LogP contribution in [0.5, 0.6) is 0 Å². The first-order valence-corrected chi connectivity index (χ1v) is 5.83. The molecule has 0 saturated heterocycles. The first kappa shape index (κ1) is 11.1. The average Bonchev–Trinajstić information content (AvgIpc) is 2.38. The predicted octanol–water partition coefficient (Wildman–Crippen LogP) is 1.65. The monoisotopic (exact) mass is 219 g/mol. The molecule has 4 nitrogen and oxygen atoms in total. The third-order valence-corrected chi connectivity index (χ3v) is 2.89. The van der Waals surface area contributed by atoms with Gasteiger partial charge in [0.15, 0.2) is 0 Å². The van der Waals surface area contributed by atoms with Gasteiger partial charge in [-0.1, -0.05) is 25.3 Å². The second-order valence-corrected chi connectivity index (χ2v) is 4.15. The third-order valence-electron chi connectivity index (χ3n) is 2.89. The fourth-order valence-corrected chi connectivity index (χ4v) is 1.98. The van der Waals surface area contributed by atoms with Gasteiger partial charge in [0.2, 0.25) is 0 Å². The Hall–Kier alpha value is -1.42. The topological polar surface area (TPSA) is 54.0 Å². The average molecular weight is 219 g/mol. The maximum Gasteiger partial charge on any atom is 0.283 e. The number of amides is 1. The number of aromatic nitrogens is 1. The Morgan fingerprint density at radius 2 is 2.06 bits per heavy atom. The van der Waals surface area contributed by atoms with Gasteiger partial charge in [-0.25, -0.2) is 5.43 Å². The van der Waals surface area contributed by atoms with E-state index in [0.29, 0.717) is 11.7 Å². The van der Waals surface area contributed by atoms with Gasteiger partial charge < -0.3 is 0 Å². The smallest absolute Gasteiger partial charge is 0.283 e. The van der Waals surface area contributed by atoms with E-state index in [4.69, 9.17) is 0 Å². The summed E-state index contributed by atoms with van der Waals surface area (Å²) in [6.45, 7) is 0. The van der Waals surface area contributed by atoms with Crippen LogP contribution in [0.4, 0.5) is 0 Å². The van der Waals surface area contributed by atoms with Crippen LogP contribution in [0.3, 0.4) is 0 Å². The molecule has 0 bridgehead atoms. The molecule has 1 aromatic heterocycles. The van der Waals surface area contributed by atoms with Gasteiger partial charge in [0.25, 0.3) is 5.91 Å². The molecule has 0 unspecified atom stereocenters. The van der Waals surface area contributed by atoms with Gasteiger partial charge in [-0.2, -0.15) is 0 Å². The summed E-state index contributed by atoms with van der Waals surface area (Å²) in [5, 5.41) is 0. The van der Waals surface area contributed by atoms with E-state index in [2.05, 4.69) is 15.8 Å². The summed E-state index contributed by atoms with van der Waals surface area (Å²) in [5.41, 5.74) is 6.25. The predicted molar refractivity (Wildman–Crippen MR) is 61.7 cm³/mol. The second-order valence-electron chi connectivity index (χ2n) is 4.15. The molecule has 0 spiro atoms. The van der Waals surface area contributed by atoms with Crippen LogP contribution in [0.25, 0.3) is 0 Å². The highest BCUT2D eigenvalue weighted by Crippen LogP contribution is 2.16. The number of hydrogen-bond acceptors (Lipinski definition) is 3. The molecule has 0 aliphatic heterocycles. The Morgan fingerprint density at radius 1 is 1.25 bits per heavy atom. The Kier molecular flexibility index (Phi) is 3.88. The molecule has 0 atom stereocenters. The van der Waals surface area contributed by atoms with Crippen molar-refractivity contribution in [1.82, 2.24) is 15.8 Å². The molecule has 0 aromatic carbocycles. The lowest BCUT2D eigenvalue weighted by Gasteiger charge is -2.22. The maximum absolute atomic E-state index is 11.7. The fourth-order valence-electron chi connectivity index (χ4n) is 1.98. The van der Waals surface area contributed by atoms with E-state index >= 15 is 0 Å². The molecule has 1 saturated carbocycles. The minimum absolute atomic E-state index is 0.161. The highest BCUT2D eigenvalue weighted by Gasteiger charge is 2.14. The molecule has 16 heavy (non-hydrogen) atoms. The van der Waals surface area contributed by atoms with Crippen LogP contribution in [-0.4, -0.2) is 16.9 Å². The van der Waals surface area contributed by atoms with Gasteiger partial charge in [-0.15, -0.1) is 0 Å². The molecular formula is C12H17N3O. The highest BCUT2D eigenvalue weighted by atomic mass is 16.2. The number of carbonyl (C=O) groups excluding carboxylic acids is 1. The number of nitrogens with zero attached hydrogens (tertiary/aromatic N) is 1. The van der Waals surface area contributed by atoms with Crippen LogP contribution in [0.2, 0.25) is 0 Å². The number of nitrogens with one attached hydrogen (secondary N) is 2. The number of pyridine rings is 1. The Balaban J connectivity index is 1.79. The Bertz CT molecular complexity index is 333. The second kappa shape index (κ2) is 5.61. The zero-order valence-electron chi connectivity index (χ0n) is 9.28. The van der Waals surface area contributed by atoms with E-state index in [0.717, 1.165) is 12.8 Å². The van der Waals surface area contributed by atoms with Crippen molar-refractivity contribution in [2.24, 2.45) is 0 Å². The van der Waals surface area contributed by atoms with Crippen molar-refractivity contribution in [2.45, 2.75) is 38.1 Å². The van der Waals surface area contributed by atoms with Crippen LogP contribution in [-0.2, 0) is 0 Å². The first-order chi connectivity index (χ1) is 7.86. The fraction of sp³-hybridized carbons (Fsp3) is 0.500. The summed E-state index contributed by atoms with van der Waals surface area (Å²) in [6, 6.07) is 5.73. The van der Waals surface area contributed by atoms with Crippen molar-refractivity contribution in [1.29, 1.82) is 0 Å². The number of carbonyl (C=O) groups is 1. The molecule has 1 heterocycles. The van der Waals surface area contributed by atoms with Crippen molar-refractivity contribution < 1.29 is 4.79 Å². The van der Waals surface area contributed by atoms with E-state index in [-0.39, 0.29) is 5.91 Å². The van der Waals surface area contributed by atoms with Crippen LogP contribution in [0.1, 0.15) is 42.6 Å². The Labute approximate surface area is 95.4 Å². The van der Waals surface area contributed by atoms with Gasteiger partial charge in [-0.3, -0.25) is 15.2 Å². The lowest BCUT2D eigenvalue weighted by Crippen LogP contribution is -2.45.